The van der Waals surface area contributed by atoms with Gasteiger partial charge in [0.05, 0.1) is 0 Å². The average Bonchev–Trinajstić information content (AvgIpc) is 2.27. The summed E-state index contributed by atoms with van der Waals surface area (Å²) in [4.78, 5) is 14.3. The van der Waals surface area contributed by atoms with E-state index >= 15 is 0 Å². The Labute approximate surface area is 111 Å². The topological polar surface area (TPSA) is 58.4 Å². The number of carbonyl (C=O) groups is 1. The lowest BCUT2D eigenvalue weighted by Crippen LogP contribution is -2.42. The van der Waals surface area contributed by atoms with Crippen LogP contribution in [0.15, 0.2) is 0 Å². The van der Waals surface area contributed by atoms with Crippen LogP contribution < -0.4 is 11.1 Å². The molecule has 1 saturated carbocycles. The van der Waals surface area contributed by atoms with E-state index in [1.165, 1.54) is 0 Å². The number of likely N-dealkylation sites (N-methyl/N-ethyl adjacent to an activating group) is 1. The molecule has 0 heterocycles. The maximum Gasteiger partial charge on any atom is 0.223 e. The van der Waals surface area contributed by atoms with Crippen molar-refractivity contribution in [1.29, 1.82) is 0 Å². The van der Waals surface area contributed by atoms with Crippen LogP contribution in [0.4, 0.5) is 0 Å². The quantitative estimate of drug-likeness (QED) is 0.776. The van der Waals surface area contributed by atoms with Crippen LogP contribution in [-0.4, -0.2) is 43.0 Å². The lowest BCUT2D eigenvalue weighted by atomic mass is 9.79. The summed E-state index contributed by atoms with van der Waals surface area (Å²) in [5.74, 6) is 0.880. The lowest BCUT2D eigenvalue weighted by molar-refractivity contribution is -0.126. The molecule has 0 radical (unpaired) electrons. The summed E-state index contributed by atoms with van der Waals surface area (Å²) in [6.07, 6.45) is 2.88. The molecule has 0 spiro atoms. The van der Waals surface area contributed by atoms with Gasteiger partial charge >= 0.3 is 0 Å². The molecule has 1 amide bonds. The van der Waals surface area contributed by atoms with Gasteiger partial charge in [0, 0.05) is 31.1 Å². The molecule has 1 aliphatic rings. The third kappa shape index (κ3) is 4.94. The number of hydrogen-bond acceptors (Lipinski definition) is 3. The van der Waals surface area contributed by atoms with E-state index in [-0.39, 0.29) is 17.9 Å². The number of nitrogens with two attached hydrogens (primary N) is 1. The normalized spacial score (nSPS) is 28.7. The highest BCUT2D eigenvalue weighted by atomic mass is 16.1. The predicted molar refractivity (Wildman–Crippen MR) is 75.3 cm³/mol. The smallest absolute Gasteiger partial charge is 0.223 e. The van der Waals surface area contributed by atoms with Crippen LogP contribution in [0.5, 0.6) is 0 Å². The van der Waals surface area contributed by atoms with E-state index in [0.717, 1.165) is 32.4 Å². The van der Waals surface area contributed by atoms with E-state index in [1.807, 2.05) is 0 Å². The molecule has 3 atom stereocenters. The largest absolute Gasteiger partial charge is 0.355 e. The summed E-state index contributed by atoms with van der Waals surface area (Å²) in [5, 5.41) is 3.04. The minimum atomic E-state index is 0.119. The van der Waals surface area contributed by atoms with E-state index in [1.54, 1.807) is 0 Å². The van der Waals surface area contributed by atoms with Gasteiger partial charge < -0.3 is 16.0 Å². The third-order valence-corrected chi connectivity index (χ3v) is 4.00. The molecule has 18 heavy (non-hydrogen) atoms. The zero-order chi connectivity index (χ0) is 13.7. The highest BCUT2D eigenvalue weighted by Crippen LogP contribution is 2.27. The average molecular weight is 255 g/mol. The van der Waals surface area contributed by atoms with E-state index in [4.69, 9.17) is 5.73 Å². The van der Waals surface area contributed by atoms with Crippen LogP contribution in [0.3, 0.4) is 0 Å². The standard InChI is InChI=1S/C14H29N3O/c1-10(2)17(4)6-5-16-14(18)12-7-11(3)8-13(15)9-12/h10-13H,5-9,15H2,1-4H3,(H,16,18). The molecule has 0 aliphatic heterocycles. The Balaban J connectivity index is 2.28. The number of nitrogens with one attached hydrogen (secondary N) is 1. The molecule has 1 fully saturated rings. The van der Waals surface area contributed by atoms with Crippen LogP contribution in [0.25, 0.3) is 0 Å². The summed E-state index contributed by atoms with van der Waals surface area (Å²) in [5.41, 5.74) is 5.98. The Morgan fingerprint density at radius 3 is 2.61 bits per heavy atom. The van der Waals surface area contributed by atoms with Gasteiger partial charge in [-0.05, 0) is 46.1 Å². The van der Waals surface area contributed by atoms with Gasteiger partial charge in [0.1, 0.15) is 0 Å². The first-order chi connectivity index (χ1) is 8.40. The summed E-state index contributed by atoms with van der Waals surface area (Å²) >= 11 is 0. The van der Waals surface area contributed by atoms with Gasteiger partial charge in [0.25, 0.3) is 0 Å². The first kappa shape index (κ1) is 15.4. The van der Waals surface area contributed by atoms with Gasteiger partial charge in [-0.3, -0.25) is 4.79 Å². The SMILES string of the molecule is CC1CC(N)CC(C(=O)NCCN(C)C(C)C)C1. The van der Waals surface area contributed by atoms with Crippen LogP contribution in [0, 0.1) is 11.8 Å². The molecule has 1 aliphatic carbocycles. The van der Waals surface area contributed by atoms with Crippen molar-refractivity contribution in [1.82, 2.24) is 10.2 Å². The van der Waals surface area contributed by atoms with Crippen molar-refractivity contribution < 1.29 is 4.79 Å². The molecular formula is C14H29N3O. The highest BCUT2D eigenvalue weighted by molar-refractivity contribution is 5.78. The fraction of sp³-hybridized carbons (Fsp3) is 0.929. The maximum atomic E-state index is 12.1. The van der Waals surface area contributed by atoms with Crippen molar-refractivity contribution in [3.05, 3.63) is 0 Å². The molecule has 0 aromatic carbocycles. The summed E-state index contributed by atoms with van der Waals surface area (Å²) in [6.45, 7) is 8.13. The van der Waals surface area contributed by atoms with Crippen LogP contribution in [0.1, 0.15) is 40.0 Å². The van der Waals surface area contributed by atoms with Gasteiger partial charge in [0.2, 0.25) is 5.91 Å². The Morgan fingerprint density at radius 2 is 2.06 bits per heavy atom. The second-order valence-corrected chi connectivity index (χ2v) is 6.13. The fourth-order valence-electron chi connectivity index (χ4n) is 2.63. The molecule has 0 bridgehead atoms. The summed E-state index contributed by atoms with van der Waals surface area (Å²) in [6, 6.07) is 0.716. The maximum absolute atomic E-state index is 12.1. The van der Waals surface area contributed by atoms with E-state index < -0.39 is 0 Å². The van der Waals surface area contributed by atoms with E-state index in [9.17, 15) is 4.79 Å². The Morgan fingerprint density at radius 1 is 1.39 bits per heavy atom. The number of carbonyl (C=O) groups excluding carboxylic acids is 1. The summed E-state index contributed by atoms with van der Waals surface area (Å²) < 4.78 is 0. The van der Waals surface area contributed by atoms with Crippen molar-refractivity contribution in [3.63, 3.8) is 0 Å². The molecule has 4 nitrogen and oxygen atoms in total. The minimum absolute atomic E-state index is 0.119. The number of amides is 1. The zero-order valence-electron chi connectivity index (χ0n) is 12.3. The third-order valence-electron chi connectivity index (χ3n) is 4.00. The Kier molecular flexibility index (Phi) is 6.09. The number of rotatable bonds is 5. The second-order valence-electron chi connectivity index (χ2n) is 6.13. The lowest BCUT2D eigenvalue weighted by Gasteiger charge is -2.30. The van der Waals surface area contributed by atoms with Crippen LogP contribution >= 0.6 is 0 Å². The van der Waals surface area contributed by atoms with Crippen LogP contribution in [-0.2, 0) is 4.79 Å². The number of hydrogen-bond donors (Lipinski definition) is 2. The Hall–Kier alpha value is -0.610. The molecule has 0 saturated heterocycles. The molecule has 3 N–H and O–H groups in total. The van der Waals surface area contributed by atoms with Gasteiger partial charge in [0.15, 0.2) is 0 Å². The molecule has 4 heteroatoms. The van der Waals surface area contributed by atoms with Gasteiger partial charge in [-0.25, -0.2) is 0 Å². The molecule has 0 aromatic heterocycles. The van der Waals surface area contributed by atoms with E-state index in [2.05, 4.69) is 38.0 Å². The van der Waals surface area contributed by atoms with E-state index in [0.29, 0.717) is 12.0 Å². The monoisotopic (exact) mass is 255 g/mol. The first-order valence-corrected chi connectivity index (χ1v) is 7.13. The molecular weight excluding hydrogens is 226 g/mol. The van der Waals surface area contributed by atoms with Crippen molar-refractivity contribution >= 4 is 5.91 Å². The second kappa shape index (κ2) is 7.10. The predicted octanol–water partition coefficient (Wildman–Crippen LogP) is 1.21. The number of nitrogens with zero attached hydrogens (tertiary/aromatic N) is 1. The van der Waals surface area contributed by atoms with Gasteiger partial charge in [-0.1, -0.05) is 6.92 Å². The van der Waals surface area contributed by atoms with Crippen LogP contribution in [0.2, 0.25) is 0 Å². The molecule has 106 valence electrons. The Bertz CT molecular complexity index is 258. The van der Waals surface area contributed by atoms with Gasteiger partial charge in [-0.15, -0.1) is 0 Å². The molecule has 3 unspecified atom stereocenters. The fourth-order valence-corrected chi connectivity index (χ4v) is 2.63. The molecule has 0 aromatic rings. The van der Waals surface area contributed by atoms with Crippen molar-refractivity contribution in [3.8, 4) is 0 Å². The van der Waals surface area contributed by atoms with Gasteiger partial charge in [-0.2, -0.15) is 0 Å². The first-order valence-electron chi connectivity index (χ1n) is 7.13. The summed E-state index contributed by atoms with van der Waals surface area (Å²) in [7, 11) is 2.08. The van der Waals surface area contributed by atoms with Crippen molar-refractivity contribution in [2.45, 2.75) is 52.1 Å². The van der Waals surface area contributed by atoms with Crippen molar-refractivity contribution in [2.24, 2.45) is 17.6 Å². The minimum Gasteiger partial charge on any atom is -0.355 e. The highest BCUT2D eigenvalue weighted by Gasteiger charge is 2.28. The molecule has 1 rings (SSSR count). The van der Waals surface area contributed by atoms with Crippen molar-refractivity contribution in [2.75, 3.05) is 20.1 Å². The zero-order valence-corrected chi connectivity index (χ0v) is 12.3.